The lowest BCUT2D eigenvalue weighted by Gasteiger charge is -2.37. The first-order chi connectivity index (χ1) is 16.8. The quantitative estimate of drug-likeness (QED) is 0.567. The third kappa shape index (κ3) is 5.24. The summed E-state index contributed by atoms with van der Waals surface area (Å²) in [5.74, 6) is -1.11. The Labute approximate surface area is 204 Å². The highest BCUT2D eigenvalue weighted by Crippen LogP contribution is 2.42. The van der Waals surface area contributed by atoms with Gasteiger partial charge in [0.15, 0.2) is 0 Å². The van der Waals surface area contributed by atoms with Crippen molar-refractivity contribution in [1.29, 1.82) is 0 Å². The van der Waals surface area contributed by atoms with Gasteiger partial charge < -0.3 is 10.6 Å². The van der Waals surface area contributed by atoms with Gasteiger partial charge in [-0.15, -0.1) is 0 Å². The molecule has 2 saturated heterocycles. The Hall–Kier alpha value is -3.59. The third-order valence-electron chi connectivity index (χ3n) is 6.99. The fourth-order valence-electron chi connectivity index (χ4n) is 5.05. The Kier molecular flexibility index (Phi) is 7.25. The highest BCUT2D eigenvalue weighted by Gasteiger charge is 2.54. The molecule has 2 aliphatic rings. The molecule has 1 aromatic carbocycles. The fraction of sp³-hybridized carbons (Fsp3) is 0.423. The number of nitrogens with zero attached hydrogens (tertiary/aromatic N) is 4. The molecule has 0 bridgehead atoms. The Balaban J connectivity index is 1.55. The molecule has 1 atom stereocenters. The number of aromatic nitrogens is 1. The second-order valence-corrected chi connectivity index (χ2v) is 9.34. The number of imide groups is 1. The van der Waals surface area contributed by atoms with E-state index in [1.54, 1.807) is 23.4 Å². The molecular formula is C26H31N5O4. The van der Waals surface area contributed by atoms with Crippen molar-refractivity contribution < 1.29 is 19.2 Å². The number of carbonyl (C=O) groups is 4. The van der Waals surface area contributed by atoms with Crippen LogP contribution in [0.1, 0.15) is 36.0 Å². The molecule has 4 amide bonds. The van der Waals surface area contributed by atoms with Crippen LogP contribution in [0.3, 0.4) is 0 Å². The lowest BCUT2D eigenvalue weighted by molar-refractivity contribution is -0.143. The second-order valence-electron chi connectivity index (χ2n) is 9.34. The number of rotatable bonds is 8. The molecule has 0 unspecified atom stereocenters. The number of aryl methyl sites for hydroxylation is 1. The van der Waals surface area contributed by atoms with E-state index in [1.165, 1.54) is 4.90 Å². The van der Waals surface area contributed by atoms with E-state index >= 15 is 0 Å². The van der Waals surface area contributed by atoms with Crippen LogP contribution in [-0.2, 0) is 31.1 Å². The minimum atomic E-state index is -1.23. The number of hydrogen-bond donors (Lipinski definition) is 1. The topological polar surface area (TPSA) is 117 Å². The zero-order valence-electron chi connectivity index (χ0n) is 20.0. The summed E-state index contributed by atoms with van der Waals surface area (Å²) in [5, 5.41) is 0. The van der Waals surface area contributed by atoms with Gasteiger partial charge in [0, 0.05) is 64.4 Å². The van der Waals surface area contributed by atoms with Crippen LogP contribution < -0.4 is 5.73 Å². The molecule has 2 N–H and O–H groups in total. The average Bonchev–Trinajstić information content (AvgIpc) is 3.08. The van der Waals surface area contributed by atoms with E-state index < -0.39 is 5.41 Å². The van der Waals surface area contributed by atoms with E-state index in [1.807, 2.05) is 37.3 Å². The summed E-state index contributed by atoms with van der Waals surface area (Å²) in [6.45, 7) is 4.88. The Morgan fingerprint density at radius 2 is 1.80 bits per heavy atom. The molecule has 35 heavy (non-hydrogen) atoms. The third-order valence-corrected chi connectivity index (χ3v) is 6.99. The first-order valence-corrected chi connectivity index (χ1v) is 11.9. The van der Waals surface area contributed by atoms with Gasteiger partial charge in [0.2, 0.25) is 23.6 Å². The van der Waals surface area contributed by atoms with Crippen molar-refractivity contribution >= 4 is 23.6 Å². The molecule has 4 rings (SSSR count). The number of primary amides is 1. The number of nitrogens with two attached hydrogens (primary N) is 1. The first-order valence-electron chi connectivity index (χ1n) is 11.9. The van der Waals surface area contributed by atoms with Crippen molar-refractivity contribution in [3.05, 3.63) is 65.5 Å². The number of benzene rings is 1. The molecule has 9 heteroatoms. The van der Waals surface area contributed by atoms with E-state index in [2.05, 4.69) is 9.88 Å². The smallest absolute Gasteiger partial charge is 0.241 e. The van der Waals surface area contributed by atoms with Gasteiger partial charge in [-0.1, -0.05) is 30.3 Å². The summed E-state index contributed by atoms with van der Waals surface area (Å²) in [6.07, 6.45) is 3.46. The molecule has 2 fully saturated rings. The van der Waals surface area contributed by atoms with Gasteiger partial charge in [-0.25, -0.2) is 0 Å². The zero-order valence-corrected chi connectivity index (χ0v) is 20.0. The maximum Gasteiger partial charge on any atom is 0.241 e. The number of piperazine rings is 1. The van der Waals surface area contributed by atoms with E-state index in [0.717, 1.165) is 16.7 Å². The monoisotopic (exact) mass is 477 g/mol. The van der Waals surface area contributed by atoms with Gasteiger partial charge in [0.05, 0.1) is 12.0 Å². The van der Waals surface area contributed by atoms with Gasteiger partial charge >= 0.3 is 0 Å². The van der Waals surface area contributed by atoms with Gasteiger partial charge in [-0.2, -0.15) is 0 Å². The van der Waals surface area contributed by atoms with Crippen LogP contribution in [0.2, 0.25) is 0 Å². The molecule has 2 aromatic rings. The molecule has 184 valence electrons. The Bertz CT molecular complexity index is 1110. The highest BCUT2D eigenvalue weighted by atomic mass is 16.2. The number of amides is 4. The summed E-state index contributed by atoms with van der Waals surface area (Å²) >= 11 is 0. The van der Waals surface area contributed by atoms with Crippen LogP contribution in [0, 0.1) is 6.92 Å². The molecule has 3 heterocycles. The minimum absolute atomic E-state index is 0.0404. The van der Waals surface area contributed by atoms with Gasteiger partial charge in [-0.05, 0) is 29.7 Å². The van der Waals surface area contributed by atoms with Crippen molar-refractivity contribution in [2.75, 3.05) is 32.7 Å². The van der Waals surface area contributed by atoms with Crippen molar-refractivity contribution in [2.24, 2.45) is 5.73 Å². The summed E-state index contributed by atoms with van der Waals surface area (Å²) in [4.78, 5) is 60.8. The second kappa shape index (κ2) is 10.4. The van der Waals surface area contributed by atoms with Crippen molar-refractivity contribution in [3.63, 3.8) is 0 Å². The van der Waals surface area contributed by atoms with Crippen LogP contribution in [0.4, 0.5) is 0 Å². The van der Waals surface area contributed by atoms with Crippen LogP contribution in [-0.4, -0.2) is 76.0 Å². The summed E-state index contributed by atoms with van der Waals surface area (Å²) < 4.78 is 0. The number of carbonyl (C=O) groups excluding carboxylic acids is 4. The summed E-state index contributed by atoms with van der Waals surface area (Å²) in [7, 11) is 0. The van der Waals surface area contributed by atoms with E-state index in [9.17, 15) is 19.2 Å². The number of pyridine rings is 1. The lowest BCUT2D eigenvalue weighted by Crippen LogP contribution is -2.51. The fourth-order valence-corrected chi connectivity index (χ4v) is 5.05. The molecule has 0 aliphatic carbocycles. The van der Waals surface area contributed by atoms with Crippen molar-refractivity contribution in [3.8, 4) is 0 Å². The lowest BCUT2D eigenvalue weighted by atomic mass is 9.74. The normalized spacial score (nSPS) is 20.9. The van der Waals surface area contributed by atoms with E-state index in [-0.39, 0.29) is 49.4 Å². The Morgan fingerprint density at radius 3 is 2.46 bits per heavy atom. The maximum atomic E-state index is 13.9. The van der Waals surface area contributed by atoms with Crippen molar-refractivity contribution in [1.82, 2.24) is 19.7 Å². The van der Waals surface area contributed by atoms with Gasteiger partial charge in [0.1, 0.15) is 0 Å². The SMILES string of the molecule is Cc1ccccc1[C@@]1(CC(=O)N2CCN(CCC(N)=O)CC2)CC(=O)N(Cc2cccnc2)C1=O. The molecular weight excluding hydrogens is 446 g/mol. The minimum Gasteiger partial charge on any atom is -0.370 e. The first kappa shape index (κ1) is 24.5. The largest absolute Gasteiger partial charge is 0.370 e. The molecule has 0 spiro atoms. The summed E-state index contributed by atoms with van der Waals surface area (Å²) in [6, 6.07) is 11.1. The van der Waals surface area contributed by atoms with Crippen LogP contribution in [0.15, 0.2) is 48.8 Å². The van der Waals surface area contributed by atoms with Gasteiger partial charge in [-0.3, -0.25) is 34.0 Å². The van der Waals surface area contributed by atoms with Crippen LogP contribution in [0.5, 0.6) is 0 Å². The number of hydrogen-bond acceptors (Lipinski definition) is 6. The molecule has 2 aliphatic heterocycles. The van der Waals surface area contributed by atoms with E-state index in [0.29, 0.717) is 32.7 Å². The van der Waals surface area contributed by atoms with E-state index in [4.69, 9.17) is 5.73 Å². The standard InChI is InChI=1S/C26H31N5O4/c1-19-5-2-3-7-21(19)26(15-23(33)30-13-11-29(12-14-30)10-8-22(27)32)16-24(34)31(25(26)35)18-20-6-4-9-28-17-20/h2-7,9,17H,8,10-16,18H2,1H3,(H2,27,32)/t26-/m1/s1. The predicted octanol–water partition coefficient (Wildman–Crippen LogP) is 0.997. The number of likely N-dealkylation sites (tertiary alicyclic amines) is 1. The summed E-state index contributed by atoms with van der Waals surface area (Å²) in [5.41, 5.74) is 6.37. The predicted molar refractivity (Wildman–Crippen MR) is 129 cm³/mol. The van der Waals surface area contributed by atoms with Gasteiger partial charge in [0.25, 0.3) is 0 Å². The van der Waals surface area contributed by atoms with Crippen molar-refractivity contribution in [2.45, 2.75) is 38.1 Å². The molecule has 0 saturated carbocycles. The van der Waals surface area contributed by atoms with Crippen LogP contribution >= 0.6 is 0 Å². The average molecular weight is 478 g/mol. The maximum absolute atomic E-state index is 13.9. The zero-order chi connectivity index (χ0) is 25.0. The Morgan fingerprint density at radius 1 is 1.06 bits per heavy atom. The highest BCUT2D eigenvalue weighted by molar-refractivity contribution is 6.10. The molecule has 1 aromatic heterocycles. The molecule has 9 nitrogen and oxygen atoms in total. The van der Waals surface area contributed by atoms with Crippen LogP contribution in [0.25, 0.3) is 0 Å². The molecule has 0 radical (unpaired) electrons.